The van der Waals surface area contributed by atoms with Crippen LogP contribution in [-0.4, -0.2) is 49.5 Å². The monoisotopic (exact) mass is 324 g/mol. The van der Waals surface area contributed by atoms with Crippen LogP contribution in [0.5, 0.6) is 5.75 Å². The number of carbonyl (C=O) groups is 1. The van der Waals surface area contributed by atoms with E-state index in [2.05, 4.69) is 19.4 Å². The Hall–Kier alpha value is -1.82. The number of carbonyl (C=O) groups excluding carboxylic acids is 1. The molecule has 1 atom stereocenters. The lowest BCUT2D eigenvalue weighted by Crippen LogP contribution is -2.11. The molecule has 0 N–H and O–H groups in total. The van der Waals surface area contributed by atoms with Gasteiger partial charge in [0.25, 0.3) is 0 Å². The zero-order valence-electron chi connectivity index (χ0n) is 11.9. The van der Waals surface area contributed by atoms with Crippen molar-refractivity contribution in [2.75, 3.05) is 33.0 Å². The van der Waals surface area contributed by atoms with Crippen molar-refractivity contribution < 1.29 is 23.4 Å². The highest BCUT2D eigenvalue weighted by atomic mass is 31.0. The molecule has 1 unspecified atom stereocenters. The topological polar surface area (TPSA) is 83.7 Å². The van der Waals surface area contributed by atoms with Crippen LogP contribution in [0.2, 0.25) is 0 Å². The molecule has 1 aromatic heterocycles. The third kappa shape index (κ3) is 5.52. The van der Waals surface area contributed by atoms with E-state index in [9.17, 15) is 4.79 Å². The van der Waals surface area contributed by atoms with Gasteiger partial charge in [0.1, 0.15) is 25.2 Å². The zero-order valence-corrected chi connectivity index (χ0v) is 13.1. The highest BCUT2D eigenvalue weighted by Gasteiger charge is 2.05. The number of benzene rings is 1. The maximum Gasteiger partial charge on any atom is 0.248 e. The number of rotatable bonds is 10. The van der Waals surface area contributed by atoms with E-state index in [-0.39, 0.29) is 6.61 Å². The van der Waals surface area contributed by atoms with Crippen molar-refractivity contribution in [3.63, 3.8) is 0 Å². The third-order valence-corrected chi connectivity index (χ3v) is 2.83. The molecule has 2 rings (SSSR count). The molecule has 0 amide bonds. The van der Waals surface area contributed by atoms with E-state index < -0.39 is 0 Å². The van der Waals surface area contributed by atoms with Gasteiger partial charge in [-0.2, -0.15) is 0 Å². The minimum absolute atomic E-state index is 0.102. The van der Waals surface area contributed by atoms with Crippen LogP contribution in [0.15, 0.2) is 28.7 Å². The molecular formula is C14H17N2O5P. The minimum Gasteiger partial charge on any atom is -0.491 e. The number of aromatic nitrogens is 2. The van der Waals surface area contributed by atoms with Crippen LogP contribution in [-0.2, 0) is 14.3 Å². The Labute approximate surface area is 130 Å². The normalized spacial score (nSPS) is 10.6. The summed E-state index contributed by atoms with van der Waals surface area (Å²) in [5.74, 6) is 1.20. The van der Waals surface area contributed by atoms with Gasteiger partial charge in [0.2, 0.25) is 11.5 Å². The average Bonchev–Trinajstić information content (AvgIpc) is 2.97. The summed E-state index contributed by atoms with van der Waals surface area (Å²) in [6.07, 6.45) is 0.710. The molecule has 1 heterocycles. The number of hydrogen-bond acceptors (Lipinski definition) is 7. The molecule has 0 aliphatic heterocycles. The molecule has 1 aromatic carbocycles. The van der Waals surface area contributed by atoms with Crippen molar-refractivity contribution in [3.8, 4) is 17.2 Å². The van der Waals surface area contributed by atoms with Gasteiger partial charge in [-0.3, -0.25) is 0 Å². The number of aldehydes is 1. The van der Waals surface area contributed by atoms with Gasteiger partial charge in [0.05, 0.1) is 19.8 Å². The standard InChI is InChI=1S/C14H17N2O5P/c17-5-6-18-7-8-19-9-10-20-12-3-1-11(2-4-12)13-15-16-14(22)21-13/h1-5H,6-10,22H2. The van der Waals surface area contributed by atoms with Gasteiger partial charge < -0.3 is 23.4 Å². The van der Waals surface area contributed by atoms with Crippen LogP contribution >= 0.6 is 9.24 Å². The number of ether oxygens (including phenoxy) is 3. The van der Waals surface area contributed by atoms with E-state index in [4.69, 9.17) is 18.6 Å². The van der Waals surface area contributed by atoms with Crippen LogP contribution in [0, 0.1) is 0 Å². The maximum atomic E-state index is 10.0. The molecular weight excluding hydrogens is 307 g/mol. The van der Waals surface area contributed by atoms with Crippen LogP contribution in [0.1, 0.15) is 0 Å². The van der Waals surface area contributed by atoms with Crippen molar-refractivity contribution in [2.45, 2.75) is 0 Å². The van der Waals surface area contributed by atoms with Gasteiger partial charge >= 0.3 is 0 Å². The summed E-state index contributed by atoms with van der Waals surface area (Å²) in [7, 11) is 2.35. The lowest BCUT2D eigenvalue weighted by atomic mass is 10.2. The number of nitrogens with zero attached hydrogens (tertiary/aromatic N) is 2. The molecule has 0 saturated heterocycles. The van der Waals surface area contributed by atoms with Crippen molar-refractivity contribution in [2.24, 2.45) is 0 Å². The molecule has 0 saturated carbocycles. The van der Waals surface area contributed by atoms with Crippen molar-refractivity contribution in [3.05, 3.63) is 24.3 Å². The first-order chi connectivity index (χ1) is 10.8. The average molecular weight is 324 g/mol. The second-order valence-corrected chi connectivity index (χ2v) is 4.67. The smallest absolute Gasteiger partial charge is 0.248 e. The highest BCUT2D eigenvalue weighted by Crippen LogP contribution is 2.20. The fourth-order valence-electron chi connectivity index (χ4n) is 1.61. The molecule has 8 heteroatoms. The van der Waals surface area contributed by atoms with Crippen molar-refractivity contribution in [1.82, 2.24) is 10.2 Å². The molecule has 118 valence electrons. The molecule has 7 nitrogen and oxygen atoms in total. The Kier molecular flexibility index (Phi) is 6.96. The minimum atomic E-state index is 0.102. The van der Waals surface area contributed by atoms with Crippen LogP contribution in [0.25, 0.3) is 11.5 Å². The summed E-state index contributed by atoms with van der Waals surface area (Å²) in [5.41, 5.74) is 1.28. The fraction of sp³-hybridized carbons (Fsp3) is 0.357. The molecule has 0 radical (unpaired) electrons. The molecule has 0 aliphatic rings. The van der Waals surface area contributed by atoms with Crippen LogP contribution < -0.4 is 10.4 Å². The summed E-state index contributed by atoms with van der Waals surface area (Å²) in [5, 5.41) is 7.68. The molecule has 22 heavy (non-hydrogen) atoms. The van der Waals surface area contributed by atoms with Gasteiger partial charge in [-0.25, -0.2) is 0 Å². The second kappa shape index (κ2) is 9.25. The van der Waals surface area contributed by atoms with E-state index in [1.54, 1.807) is 0 Å². The molecule has 0 fully saturated rings. The molecule has 2 aromatic rings. The summed E-state index contributed by atoms with van der Waals surface area (Å²) in [4.78, 5) is 10.0. The SMILES string of the molecule is O=CCOCCOCCOc1ccc(-c2nnc(P)o2)cc1. The van der Waals surface area contributed by atoms with Crippen LogP contribution in [0.3, 0.4) is 0 Å². The lowest BCUT2D eigenvalue weighted by Gasteiger charge is -2.07. The Morgan fingerprint density at radius 2 is 1.77 bits per heavy atom. The van der Waals surface area contributed by atoms with E-state index >= 15 is 0 Å². The van der Waals surface area contributed by atoms with Crippen LogP contribution in [0.4, 0.5) is 0 Å². The first-order valence-corrected chi connectivity index (χ1v) is 7.28. The molecule has 0 spiro atoms. The summed E-state index contributed by atoms with van der Waals surface area (Å²) in [6, 6.07) is 7.35. The van der Waals surface area contributed by atoms with E-state index in [0.29, 0.717) is 44.2 Å². The molecule has 0 bridgehead atoms. The largest absolute Gasteiger partial charge is 0.491 e. The van der Waals surface area contributed by atoms with Gasteiger partial charge in [-0.15, -0.1) is 10.2 Å². The first kappa shape index (κ1) is 16.5. The second-order valence-electron chi connectivity index (χ2n) is 4.17. The Bertz CT molecular complexity index is 573. The number of hydrogen-bond donors (Lipinski definition) is 0. The van der Waals surface area contributed by atoms with E-state index in [1.165, 1.54) is 0 Å². The zero-order chi connectivity index (χ0) is 15.6. The summed E-state index contributed by atoms with van der Waals surface area (Å²) in [6.45, 7) is 1.82. The van der Waals surface area contributed by atoms with Crippen molar-refractivity contribution >= 4 is 21.2 Å². The Morgan fingerprint density at radius 3 is 2.45 bits per heavy atom. The fourth-order valence-corrected chi connectivity index (χ4v) is 1.78. The van der Waals surface area contributed by atoms with Gasteiger partial charge in [-0.05, 0) is 33.5 Å². The van der Waals surface area contributed by atoms with Gasteiger partial charge in [-0.1, -0.05) is 0 Å². The van der Waals surface area contributed by atoms with E-state index in [1.807, 2.05) is 24.3 Å². The lowest BCUT2D eigenvalue weighted by molar-refractivity contribution is -0.112. The third-order valence-electron chi connectivity index (χ3n) is 2.60. The first-order valence-electron chi connectivity index (χ1n) is 6.71. The predicted molar refractivity (Wildman–Crippen MR) is 82.3 cm³/mol. The van der Waals surface area contributed by atoms with Gasteiger partial charge in [0, 0.05) is 5.56 Å². The highest BCUT2D eigenvalue weighted by molar-refractivity contribution is 7.26. The molecule has 0 aliphatic carbocycles. The Morgan fingerprint density at radius 1 is 1.05 bits per heavy atom. The van der Waals surface area contributed by atoms with Crippen molar-refractivity contribution in [1.29, 1.82) is 0 Å². The van der Waals surface area contributed by atoms with E-state index in [0.717, 1.165) is 11.3 Å². The van der Waals surface area contributed by atoms with Gasteiger partial charge in [0.15, 0.2) is 0 Å². The summed E-state index contributed by atoms with van der Waals surface area (Å²) >= 11 is 0. The Balaban J connectivity index is 1.65. The summed E-state index contributed by atoms with van der Waals surface area (Å²) < 4.78 is 21.1. The quantitative estimate of drug-likeness (QED) is 0.364. The maximum absolute atomic E-state index is 10.0. The predicted octanol–water partition coefficient (Wildman–Crippen LogP) is 0.848.